The van der Waals surface area contributed by atoms with Crippen LogP contribution in [0.1, 0.15) is 43.2 Å². The summed E-state index contributed by atoms with van der Waals surface area (Å²) in [5, 5.41) is 0. The van der Waals surface area contributed by atoms with Gasteiger partial charge in [0.05, 0.1) is 12.7 Å². The van der Waals surface area contributed by atoms with Crippen molar-refractivity contribution in [3.8, 4) is 11.1 Å². The van der Waals surface area contributed by atoms with E-state index < -0.39 is 17.5 Å². The molecule has 0 radical (unpaired) electrons. The molecule has 0 aliphatic carbocycles. The van der Waals surface area contributed by atoms with Gasteiger partial charge in [0.25, 0.3) is 0 Å². The normalized spacial score (nSPS) is 20.0. The van der Waals surface area contributed by atoms with E-state index in [9.17, 15) is 13.2 Å². The van der Waals surface area contributed by atoms with Crippen LogP contribution in [0.4, 0.5) is 13.2 Å². The topological polar surface area (TPSA) is 18.5 Å². The van der Waals surface area contributed by atoms with Crippen LogP contribution in [0.2, 0.25) is 0 Å². The first kappa shape index (κ1) is 20.6. The van der Waals surface area contributed by atoms with Crippen molar-refractivity contribution in [2.45, 2.75) is 38.2 Å². The van der Waals surface area contributed by atoms with E-state index >= 15 is 0 Å². The second-order valence-electron chi connectivity index (χ2n) is 7.08. The Morgan fingerprint density at radius 1 is 1.07 bits per heavy atom. The van der Waals surface area contributed by atoms with Crippen molar-refractivity contribution in [1.29, 1.82) is 0 Å². The summed E-state index contributed by atoms with van der Waals surface area (Å²) in [5.41, 5.74) is 0.942. The number of methoxy groups -OCH3 is 1. The number of hydrogen-bond donors (Lipinski definition) is 0. The molecule has 1 heterocycles. The van der Waals surface area contributed by atoms with Crippen molar-refractivity contribution >= 4 is 6.08 Å². The Kier molecular flexibility index (Phi) is 6.92. The number of hydrogen-bond acceptors (Lipinski definition) is 2. The average molecular weight is 390 g/mol. The highest BCUT2D eigenvalue weighted by Gasteiger charge is 2.24. The summed E-state index contributed by atoms with van der Waals surface area (Å²) >= 11 is 0. The van der Waals surface area contributed by atoms with Gasteiger partial charge in [-0.25, -0.2) is 13.2 Å². The van der Waals surface area contributed by atoms with E-state index in [2.05, 4.69) is 0 Å². The molecule has 1 aliphatic heterocycles. The first-order valence-electron chi connectivity index (χ1n) is 9.56. The van der Waals surface area contributed by atoms with Crippen LogP contribution in [-0.4, -0.2) is 26.4 Å². The zero-order valence-electron chi connectivity index (χ0n) is 16.2. The Hall–Kier alpha value is -2.11. The smallest absolute Gasteiger partial charge is 0.167 e. The molecule has 1 fully saturated rings. The fraction of sp³-hybridized carbons (Fsp3) is 0.391. The van der Waals surface area contributed by atoms with Crippen LogP contribution in [0.25, 0.3) is 17.2 Å². The van der Waals surface area contributed by atoms with Crippen molar-refractivity contribution in [3.05, 3.63) is 65.0 Å². The molecule has 2 nitrogen and oxygen atoms in total. The maximum Gasteiger partial charge on any atom is 0.167 e. The number of allylic oxidation sites excluding steroid dienone is 1. The minimum absolute atomic E-state index is 0.0573. The lowest BCUT2D eigenvalue weighted by molar-refractivity contribution is -0.0128. The minimum Gasteiger partial charge on any atom is -0.385 e. The summed E-state index contributed by atoms with van der Waals surface area (Å²) in [5.74, 6) is -2.47. The Labute approximate surface area is 164 Å². The van der Waals surface area contributed by atoms with Gasteiger partial charge in [-0.15, -0.1) is 0 Å². The maximum atomic E-state index is 14.7. The summed E-state index contributed by atoms with van der Waals surface area (Å²) in [7, 11) is 1.67. The molecule has 2 atom stereocenters. The third-order valence-electron chi connectivity index (χ3n) is 5.23. The second-order valence-corrected chi connectivity index (χ2v) is 7.08. The van der Waals surface area contributed by atoms with Crippen LogP contribution in [0, 0.1) is 17.5 Å². The zero-order chi connectivity index (χ0) is 20.1. The lowest BCUT2D eigenvalue weighted by Crippen LogP contribution is -2.25. The minimum atomic E-state index is -1.04. The van der Waals surface area contributed by atoms with Gasteiger partial charge >= 0.3 is 0 Å². The summed E-state index contributed by atoms with van der Waals surface area (Å²) in [4.78, 5) is 0. The molecule has 1 saturated heterocycles. The van der Waals surface area contributed by atoms with Gasteiger partial charge in [0, 0.05) is 36.3 Å². The molecule has 150 valence electrons. The van der Waals surface area contributed by atoms with E-state index in [1.54, 1.807) is 26.2 Å². The monoisotopic (exact) mass is 390 g/mol. The van der Waals surface area contributed by atoms with Crippen LogP contribution in [0.3, 0.4) is 0 Å². The highest BCUT2D eigenvalue weighted by molar-refractivity contribution is 5.68. The molecular formula is C23H25F3O2. The molecule has 2 aromatic carbocycles. The predicted molar refractivity (Wildman–Crippen MR) is 105 cm³/mol. The number of ether oxygens (including phenoxy) is 2. The van der Waals surface area contributed by atoms with Gasteiger partial charge in [0.15, 0.2) is 11.6 Å². The zero-order valence-corrected chi connectivity index (χ0v) is 16.2. The van der Waals surface area contributed by atoms with Gasteiger partial charge in [-0.05, 0) is 37.8 Å². The molecule has 0 bridgehead atoms. The highest BCUT2D eigenvalue weighted by atomic mass is 19.2. The predicted octanol–water partition coefficient (Wildman–Crippen LogP) is 6.10. The lowest BCUT2D eigenvalue weighted by Gasteiger charge is -2.29. The molecular weight excluding hydrogens is 365 g/mol. The van der Waals surface area contributed by atoms with Crippen molar-refractivity contribution in [1.82, 2.24) is 0 Å². The molecule has 3 rings (SSSR count). The second kappa shape index (κ2) is 9.39. The number of halogens is 3. The van der Waals surface area contributed by atoms with E-state index in [-0.39, 0.29) is 28.7 Å². The molecule has 0 amide bonds. The van der Waals surface area contributed by atoms with Crippen LogP contribution in [-0.2, 0) is 9.47 Å². The van der Waals surface area contributed by atoms with E-state index in [0.717, 1.165) is 24.8 Å². The highest BCUT2D eigenvalue weighted by Crippen LogP contribution is 2.34. The van der Waals surface area contributed by atoms with E-state index in [4.69, 9.17) is 9.47 Å². The van der Waals surface area contributed by atoms with E-state index in [1.807, 2.05) is 0 Å². The molecule has 2 aromatic rings. The third kappa shape index (κ3) is 4.47. The van der Waals surface area contributed by atoms with Gasteiger partial charge in [-0.1, -0.05) is 36.4 Å². The largest absolute Gasteiger partial charge is 0.385 e. The molecule has 0 spiro atoms. The summed E-state index contributed by atoms with van der Waals surface area (Å²) in [6.07, 6.45) is 5.92. The van der Waals surface area contributed by atoms with Crippen LogP contribution >= 0.6 is 0 Å². The molecule has 2 unspecified atom stereocenters. The van der Waals surface area contributed by atoms with Crippen molar-refractivity contribution in [2.24, 2.45) is 0 Å². The van der Waals surface area contributed by atoms with E-state index in [0.29, 0.717) is 13.2 Å². The van der Waals surface area contributed by atoms with Crippen LogP contribution in [0.15, 0.2) is 36.4 Å². The lowest BCUT2D eigenvalue weighted by atomic mass is 9.89. The Morgan fingerprint density at radius 2 is 1.86 bits per heavy atom. The van der Waals surface area contributed by atoms with Crippen LogP contribution in [0.5, 0.6) is 0 Å². The fourth-order valence-corrected chi connectivity index (χ4v) is 3.63. The Bertz CT molecular complexity index is 840. The van der Waals surface area contributed by atoms with E-state index in [1.165, 1.54) is 30.3 Å². The molecule has 1 aliphatic rings. The molecule has 28 heavy (non-hydrogen) atoms. The average Bonchev–Trinajstić information content (AvgIpc) is 2.71. The summed E-state index contributed by atoms with van der Waals surface area (Å²) in [6.45, 7) is 2.90. The van der Waals surface area contributed by atoms with Gasteiger partial charge in [0.2, 0.25) is 0 Å². The number of rotatable bonds is 6. The summed E-state index contributed by atoms with van der Waals surface area (Å²) in [6, 6.07) is 7.58. The van der Waals surface area contributed by atoms with Gasteiger partial charge in [-0.3, -0.25) is 0 Å². The van der Waals surface area contributed by atoms with Gasteiger partial charge < -0.3 is 9.47 Å². The quantitative estimate of drug-likeness (QED) is 0.593. The molecule has 5 heteroatoms. The molecule has 0 saturated carbocycles. The first-order chi connectivity index (χ1) is 13.5. The van der Waals surface area contributed by atoms with Crippen LogP contribution < -0.4 is 0 Å². The van der Waals surface area contributed by atoms with Crippen molar-refractivity contribution in [3.63, 3.8) is 0 Å². The van der Waals surface area contributed by atoms with Gasteiger partial charge in [-0.2, -0.15) is 0 Å². The maximum absolute atomic E-state index is 14.7. The third-order valence-corrected chi connectivity index (χ3v) is 5.23. The van der Waals surface area contributed by atoms with Crippen molar-refractivity contribution in [2.75, 3.05) is 20.3 Å². The molecule has 0 aromatic heterocycles. The Balaban J connectivity index is 1.78. The SMILES string of the molecule is C/C=C/c1ccc(-c2ccc(C3CCC(CCOC)OC3)cc2F)c(F)c1F. The molecule has 0 N–H and O–H groups in total. The van der Waals surface area contributed by atoms with Gasteiger partial charge in [0.1, 0.15) is 5.82 Å². The fourth-order valence-electron chi connectivity index (χ4n) is 3.63. The Morgan fingerprint density at radius 3 is 2.50 bits per heavy atom. The first-order valence-corrected chi connectivity index (χ1v) is 9.56. The standard InChI is InChI=1S/C23H25F3O2/c1-3-4-15-6-10-20(23(26)22(15)25)19-9-7-16(13-21(19)24)17-5-8-18(28-14-17)11-12-27-2/h3-4,6-7,9-10,13,17-18H,5,8,11-12,14H2,1-2H3/b4-3+. The summed E-state index contributed by atoms with van der Waals surface area (Å²) < 4.78 is 54.3. The number of benzene rings is 2. The van der Waals surface area contributed by atoms with Crippen molar-refractivity contribution < 1.29 is 22.6 Å².